The monoisotopic (exact) mass is 246 g/mol. The summed E-state index contributed by atoms with van der Waals surface area (Å²) in [4.78, 5) is 10.7. The molecule has 1 rings (SSSR count). The van der Waals surface area contributed by atoms with Crippen molar-refractivity contribution in [2.45, 2.75) is 17.8 Å². The van der Waals surface area contributed by atoms with Crippen molar-refractivity contribution in [2.24, 2.45) is 0 Å². The fraction of sp³-hybridized carbons (Fsp3) is 0.833. The summed E-state index contributed by atoms with van der Waals surface area (Å²) in [5, 5.41) is -4.93. The Hall–Kier alpha value is -0.800. The van der Waals surface area contributed by atoms with Crippen LogP contribution in [0.1, 0.15) is 6.42 Å². The van der Waals surface area contributed by atoms with Gasteiger partial charge in [0, 0.05) is 6.42 Å². The van der Waals surface area contributed by atoms with E-state index >= 15 is 0 Å². The van der Waals surface area contributed by atoms with E-state index in [2.05, 4.69) is 4.74 Å². The SMILES string of the molecule is O=C(OC1CCOC1)C(F)(F)S(=O)(=O)O. The molecule has 0 saturated carbocycles. The second kappa shape index (κ2) is 3.99. The maximum absolute atomic E-state index is 12.6. The third-order valence-corrected chi connectivity index (χ3v) is 2.54. The molecule has 6 nitrogen and oxygen atoms in total. The van der Waals surface area contributed by atoms with Crippen LogP contribution < -0.4 is 0 Å². The highest BCUT2D eigenvalue weighted by molar-refractivity contribution is 7.87. The molecule has 1 atom stereocenters. The second-order valence-electron chi connectivity index (χ2n) is 2.88. The highest BCUT2D eigenvalue weighted by atomic mass is 32.2. The minimum absolute atomic E-state index is 0.0622. The van der Waals surface area contributed by atoms with Crippen LogP contribution in [0.4, 0.5) is 8.78 Å². The van der Waals surface area contributed by atoms with Gasteiger partial charge in [-0.25, -0.2) is 4.79 Å². The lowest BCUT2D eigenvalue weighted by atomic mass is 10.3. The molecule has 1 aliphatic rings. The lowest BCUT2D eigenvalue weighted by Crippen LogP contribution is -2.40. The van der Waals surface area contributed by atoms with Gasteiger partial charge in [0.25, 0.3) is 0 Å². The van der Waals surface area contributed by atoms with Crippen LogP contribution in [0.5, 0.6) is 0 Å². The quantitative estimate of drug-likeness (QED) is 0.547. The molecule has 1 N–H and O–H groups in total. The van der Waals surface area contributed by atoms with E-state index in [-0.39, 0.29) is 19.6 Å². The van der Waals surface area contributed by atoms with E-state index in [9.17, 15) is 22.0 Å². The number of carbonyl (C=O) groups is 1. The van der Waals surface area contributed by atoms with Gasteiger partial charge in [0.1, 0.15) is 6.10 Å². The highest BCUT2D eigenvalue weighted by Crippen LogP contribution is 2.24. The van der Waals surface area contributed by atoms with Gasteiger partial charge in [0.05, 0.1) is 13.2 Å². The number of hydrogen-bond donors (Lipinski definition) is 1. The van der Waals surface area contributed by atoms with Gasteiger partial charge in [-0.3, -0.25) is 4.55 Å². The Morgan fingerprint density at radius 3 is 2.53 bits per heavy atom. The zero-order valence-electron chi connectivity index (χ0n) is 7.35. The van der Waals surface area contributed by atoms with E-state index in [0.29, 0.717) is 0 Å². The minimum Gasteiger partial charge on any atom is -0.454 e. The Balaban J connectivity index is 2.67. The molecule has 0 aromatic rings. The van der Waals surface area contributed by atoms with Gasteiger partial charge in [0.2, 0.25) is 0 Å². The molecular weight excluding hydrogens is 238 g/mol. The Morgan fingerprint density at radius 2 is 2.13 bits per heavy atom. The molecular formula is C6H8F2O6S. The lowest BCUT2D eigenvalue weighted by molar-refractivity contribution is -0.167. The fourth-order valence-corrected chi connectivity index (χ4v) is 1.19. The average Bonchev–Trinajstić information content (AvgIpc) is 2.54. The first-order valence-electron chi connectivity index (χ1n) is 3.89. The van der Waals surface area contributed by atoms with Crippen LogP contribution in [0.2, 0.25) is 0 Å². The predicted molar refractivity (Wildman–Crippen MR) is 41.8 cm³/mol. The average molecular weight is 246 g/mol. The number of hydrogen-bond acceptors (Lipinski definition) is 5. The van der Waals surface area contributed by atoms with E-state index in [1.54, 1.807) is 0 Å². The van der Waals surface area contributed by atoms with Gasteiger partial charge < -0.3 is 9.47 Å². The Morgan fingerprint density at radius 1 is 1.53 bits per heavy atom. The van der Waals surface area contributed by atoms with Crippen molar-refractivity contribution in [3.8, 4) is 0 Å². The van der Waals surface area contributed by atoms with E-state index in [4.69, 9.17) is 9.29 Å². The first-order chi connectivity index (χ1) is 6.75. The molecule has 0 aromatic heterocycles. The molecule has 0 spiro atoms. The van der Waals surface area contributed by atoms with Crippen molar-refractivity contribution >= 4 is 16.1 Å². The Labute approximate surface area is 83.9 Å². The van der Waals surface area contributed by atoms with Gasteiger partial charge in [-0.15, -0.1) is 0 Å². The van der Waals surface area contributed by atoms with Gasteiger partial charge in [-0.2, -0.15) is 17.2 Å². The molecule has 1 fully saturated rings. The van der Waals surface area contributed by atoms with Crippen molar-refractivity contribution in [1.29, 1.82) is 0 Å². The summed E-state index contributed by atoms with van der Waals surface area (Å²) in [6.45, 7) is 0.183. The van der Waals surface area contributed by atoms with Gasteiger partial charge in [-0.1, -0.05) is 0 Å². The van der Waals surface area contributed by atoms with Crippen LogP contribution >= 0.6 is 0 Å². The van der Waals surface area contributed by atoms with E-state index < -0.39 is 27.4 Å². The maximum atomic E-state index is 12.6. The van der Waals surface area contributed by atoms with Crippen molar-refractivity contribution in [1.82, 2.24) is 0 Å². The standard InChI is InChI=1S/C6H8F2O6S/c7-6(8,15(10,11)12)5(9)14-4-1-2-13-3-4/h4H,1-3H2,(H,10,11,12). The molecule has 1 heterocycles. The number of ether oxygens (including phenoxy) is 2. The minimum atomic E-state index is -5.79. The Kier molecular flexibility index (Phi) is 3.26. The summed E-state index contributed by atoms with van der Waals surface area (Å²) in [6, 6.07) is 0. The molecule has 15 heavy (non-hydrogen) atoms. The summed E-state index contributed by atoms with van der Waals surface area (Å²) >= 11 is 0. The summed E-state index contributed by atoms with van der Waals surface area (Å²) in [6.07, 6.45) is -0.682. The molecule has 0 aromatic carbocycles. The predicted octanol–water partition coefficient (Wildman–Crippen LogP) is -0.201. The van der Waals surface area contributed by atoms with Crippen LogP contribution in [0.15, 0.2) is 0 Å². The fourth-order valence-electron chi connectivity index (χ4n) is 0.931. The molecule has 0 bridgehead atoms. The van der Waals surface area contributed by atoms with Crippen molar-refractivity contribution < 1.29 is 36.0 Å². The van der Waals surface area contributed by atoms with Crippen LogP contribution in [-0.2, 0) is 24.4 Å². The molecule has 88 valence electrons. The summed E-state index contributed by atoms with van der Waals surface area (Å²) in [7, 11) is -5.79. The molecule has 0 radical (unpaired) electrons. The molecule has 9 heteroatoms. The van der Waals surface area contributed by atoms with E-state index in [1.165, 1.54) is 0 Å². The lowest BCUT2D eigenvalue weighted by Gasteiger charge is -2.14. The third kappa shape index (κ3) is 2.61. The van der Waals surface area contributed by atoms with Gasteiger partial charge in [-0.05, 0) is 0 Å². The van der Waals surface area contributed by atoms with Crippen molar-refractivity contribution in [3.05, 3.63) is 0 Å². The smallest absolute Gasteiger partial charge is 0.454 e. The van der Waals surface area contributed by atoms with Crippen molar-refractivity contribution in [2.75, 3.05) is 13.2 Å². The van der Waals surface area contributed by atoms with Gasteiger partial charge in [0.15, 0.2) is 0 Å². The third-order valence-electron chi connectivity index (χ3n) is 1.72. The van der Waals surface area contributed by atoms with Gasteiger partial charge >= 0.3 is 21.3 Å². The number of rotatable bonds is 3. The van der Waals surface area contributed by atoms with E-state index in [1.807, 2.05) is 0 Å². The summed E-state index contributed by atoms with van der Waals surface area (Å²) in [5.41, 5.74) is 0. The van der Waals surface area contributed by atoms with Crippen LogP contribution in [-0.4, -0.2) is 43.5 Å². The molecule has 1 saturated heterocycles. The topological polar surface area (TPSA) is 89.9 Å². The van der Waals surface area contributed by atoms with Crippen LogP contribution in [0.3, 0.4) is 0 Å². The first-order valence-corrected chi connectivity index (χ1v) is 5.33. The molecule has 1 aliphatic heterocycles. The number of carbonyl (C=O) groups excluding carboxylic acids is 1. The van der Waals surface area contributed by atoms with Crippen LogP contribution in [0, 0.1) is 0 Å². The van der Waals surface area contributed by atoms with Crippen molar-refractivity contribution in [3.63, 3.8) is 0 Å². The number of esters is 1. The molecule has 0 amide bonds. The maximum Gasteiger partial charge on any atom is 0.465 e. The van der Waals surface area contributed by atoms with E-state index in [0.717, 1.165) is 0 Å². The number of alkyl halides is 2. The second-order valence-corrected chi connectivity index (χ2v) is 4.35. The normalized spacial score (nSPS) is 22.7. The number of halogens is 2. The summed E-state index contributed by atoms with van der Waals surface area (Å²) < 4.78 is 62.5. The Bertz CT molecular complexity index is 345. The zero-order chi connectivity index (χ0) is 11.7. The largest absolute Gasteiger partial charge is 0.465 e. The molecule has 1 unspecified atom stereocenters. The first kappa shape index (κ1) is 12.3. The van der Waals surface area contributed by atoms with Crippen LogP contribution in [0.25, 0.3) is 0 Å². The highest BCUT2D eigenvalue weighted by Gasteiger charge is 2.54. The summed E-state index contributed by atoms with van der Waals surface area (Å²) in [5.74, 6) is -2.29. The zero-order valence-corrected chi connectivity index (χ0v) is 8.17. The molecule has 0 aliphatic carbocycles.